The fourth-order valence-electron chi connectivity index (χ4n) is 5.69. The molecule has 0 spiro atoms. The standard InChI is InChI=1S/C20H34/c1-4-16-8-9-17(16)7-6-12-20(5-2)13-18-10-11-19(14-20)15(18)3/h8,15,17-19H,4-7,9-14H2,1-3H3. The van der Waals surface area contributed by atoms with Crippen molar-refractivity contribution in [2.24, 2.45) is 29.1 Å². The van der Waals surface area contributed by atoms with Crippen LogP contribution in [0.4, 0.5) is 0 Å². The monoisotopic (exact) mass is 274 g/mol. The Morgan fingerprint density at radius 3 is 2.35 bits per heavy atom. The van der Waals surface area contributed by atoms with Crippen molar-refractivity contribution in [1.82, 2.24) is 0 Å². The molecular formula is C20H34. The molecule has 3 atom stereocenters. The van der Waals surface area contributed by atoms with Crippen molar-refractivity contribution in [3.63, 3.8) is 0 Å². The van der Waals surface area contributed by atoms with Gasteiger partial charge in [-0.15, -0.1) is 0 Å². The highest BCUT2D eigenvalue weighted by atomic mass is 14.5. The molecule has 2 bridgehead atoms. The van der Waals surface area contributed by atoms with Crippen molar-refractivity contribution < 1.29 is 0 Å². The van der Waals surface area contributed by atoms with Gasteiger partial charge in [0.25, 0.3) is 0 Å². The highest BCUT2D eigenvalue weighted by molar-refractivity contribution is 5.17. The summed E-state index contributed by atoms with van der Waals surface area (Å²) < 4.78 is 0. The Balaban J connectivity index is 1.51. The van der Waals surface area contributed by atoms with Gasteiger partial charge in [-0.25, -0.2) is 0 Å². The minimum Gasteiger partial charge on any atom is -0.0845 e. The van der Waals surface area contributed by atoms with E-state index in [1.165, 1.54) is 38.5 Å². The average molecular weight is 274 g/mol. The van der Waals surface area contributed by atoms with Crippen LogP contribution in [0.15, 0.2) is 11.6 Å². The van der Waals surface area contributed by atoms with E-state index in [0.717, 1.165) is 29.1 Å². The zero-order valence-corrected chi connectivity index (χ0v) is 14.0. The zero-order valence-electron chi connectivity index (χ0n) is 14.0. The lowest BCUT2D eigenvalue weighted by atomic mass is 9.61. The summed E-state index contributed by atoms with van der Waals surface area (Å²) in [6.45, 7) is 7.33. The number of fused-ring (bicyclic) bond motifs is 2. The van der Waals surface area contributed by atoms with Crippen LogP contribution in [0, 0.1) is 29.1 Å². The molecular weight excluding hydrogens is 240 g/mol. The third-order valence-electron chi connectivity index (χ3n) is 7.39. The highest BCUT2D eigenvalue weighted by Gasteiger charge is 2.46. The molecule has 0 aliphatic heterocycles. The molecule has 3 rings (SSSR count). The topological polar surface area (TPSA) is 0 Å². The van der Waals surface area contributed by atoms with Gasteiger partial charge in [0.1, 0.15) is 0 Å². The molecule has 114 valence electrons. The fourth-order valence-corrected chi connectivity index (χ4v) is 5.69. The second-order valence-corrected chi connectivity index (χ2v) is 8.18. The third-order valence-corrected chi connectivity index (χ3v) is 7.39. The molecule has 0 nitrogen and oxygen atoms in total. The van der Waals surface area contributed by atoms with Gasteiger partial charge in [-0.2, -0.15) is 0 Å². The molecule has 2 fully saturated rings. The van der Waals surface area contributed by atoms with E-state index in [2.05, 4.69) is 26.8 Å². The van der Waals surface area contributed by atoms with Gasteiger partial charge in [0.2, 0.25) is 0 Å². The highest BCUT2D eigenvalue weighted by Crippen LogP contribution is 2.57. The smallest absolute Gasteiger partial charge is 0.0169 e. The third kappa shape index (κ3) is 2.60. The van der Waals surface area contributed by atoms with Gasteiger partial charge in [0.05, 0.1) is 0 Å². The summed E-state index contributed by atoms with van der Waals surface area (Å²) in [6, 6.07) is 0. The summed E-state index contributed by atoms with van der Waals surface area (Å²) in [6.07, 6.45) is 17.3. The van der Waals surface area contributed by atoms with Crippen LogP contribution in [0.5, 0.6) is 0 Å². The first-order chi connectivity index (χ1) is 9.67. The maximum Gasteiger partial charge on any atom is -0.0169 e. The van der Waals surface area contributed by atoms with Gasteiger partial charge < -0.3 is 0 Å². The summed E-state index contributed by atoms with van der Waals surface area (Å²) in [5.74, 6) is 4.15. The summed E-state index contributed by atoms with van der Waals surface area (Å²) in [5.41, 5.74) is 2.49. The van der Waals surface area contributed by atoms with E-state index in [-0.39, 0.29) is 0 Å². The van der Waals surface area contributed by atoms with Crippen LogP contribution in [-0.2, 0) is 0 Å². The van der Waals surface area contributed by atoms with Crippen LogP contribution in [0.25, 0.3) is 0 Å². The van der Waals surface area contributed by atoms with Gasteiger partial charge >= 0.3 is 0 Å². The van der Waals surface area contributed by atoms with Gasteiger partial charge in [0, 0.05) is 0 Å². The Morgan fingerprint density at radius 1 is 1.15 bits per heavy atom. The molecule has 0 amide bonds. The van der Waals surface area contributed by atoms with Crippen LogP contribution < -0.4 is 0 Å². The summed E-state index contributed by atoms with van der Waals surface area (Å²) in [7, 11) is 0. The van der Waals surface area contributed by atoms with E-state index >= 15 is 0 Å². The second kappa shape index (κ2) is 5.85. The lowest BCUT2D eigenvalue weighted by Crippen LogP contribution is -2.33. The molecule has 0 aromatic heterocycles. The van der Waals surface area contributed by atoms with Gasteiger partial charge in [-0.3, -0.25) is 0 Å². The molecule has 0 radical (unpaired) electrons. The first-order valence-corrected chi connectivity index (χ1v) is 9.36. The first kappa shape index (κ1) is 14.7. The molecule has 3 unspecified atom stereocenters. The van der Waals surface area contributed by atoms with Gasteiger partial charge in [-0.05, 0) is 80.5 Å². The molecule has 0 heteroatoms. The Morgan fingerprint density at radius 2 is 1.85 bits per heavy atom. The number of hydrogen-bond acceptors (Lipinski definition) is 0. The molecule has 3 aliphatic carbocycles. The molecule has 0 heterocycles. The van der Waals surface area contributed by atoms with Crippen molar-refractivity contribution in [1.29, 1.82) is 0 Å². The van der Waals surface area contributed by atoms with Crippen molar-refractivity contribution in [3.8, 4) is 0 Å². The minimum atomic E-state index is 0.734. The van der Waals surface area contributed by atoms with E-state index in [4.69, 9.17) is 0 Å². The van der Waals surface area contributed by atoms with Crippen molar-refractivity contribution in [3.05, 3.63) is 11.6 Å². The molecule has 2 saturated carbocycles. The molecule has 3 aliphatic rings. The van der Waals surface area contributed by atoms with E-state index in [0.29, 0.717) is 0 Å². The molecule has 0 saturated heterocycles. The largest absolute Gasteiger partial charge is 0.0845 e. The van der Waals surface area contributed by atoms with Crippen LogP contribution in [0.1, 0.15) is 85.0 Å². The Labute approximate surface area is 126 Å². The van der Waals surface area contributed by atoms with Crippen LogP contribution in [0.2, 0.25) is 0 Å². The minimum absolute atomic E-state index is 0.734. The van der Waals surface area contributed by atoms with Gasteiger partial charge in [-0.1, -0.05) is 45.3 Å². The fraction of sp³-hybridized carbons (Fsp3) is 0.900. The van der Waals surface area contributed by atoms with E-state index < -0.39 is 0 Å². The Kier molecular flexibility index (Phi) is 4.29. The molecule has 20 heavy (non-hydrogen) atoms. The Hall–Kier alpha value is -0.260. The predicted molar refractivity (Wildman–Crippen MR) is 87.7 cm³/mol. The van der Waals surface area contributed by atoms with Crippen molar-refractivity contribution in [2.75, 3.05) is 0 Å². The average Bonchev–Trinajstić information content (AvgIpc) is 2.66. The molecule has 0 aromatic carbocycles. The van der Waals surface area contributed by atoms with E-state index in [9.17, 15) is 0 Å². The van der Waals surface area contributed by atoms with E-state index in [1.807, 2.05) is 0 Å². The summed E-state index contributed by atoms with van der Waals surface area (Å²) in [5, 5.41) is 0. The maximum absolute atomic E-state index is 2.54. The predicted octanol–water partition coefficient (Wildman–Crippen LogP) is 6.37. The van der Waals surface area contributed by atoms with E-state index in [1.54, 1.807) is 31.3 Å². The summed E-state index contributed by atoms with van der Waals surface area (Å²) >= 11 is 0. The zero-order chi connectivity index (χ0) is 14.2. The number of allylic oxidation sites excluding steroid dienone is 2. The summed E-state index contributed by atoms with van der Waals surface area (Å²) in [4.78, 5) is 0. The quantitative estimate of drug-likeness (QED) is 0.494. The first-order valence-electron chi connectivity index (χ1n) is 9.36. The maximum atomic E-state index is 2.54. The van der Waals surface area contributed by atoms with Crippen molar-refractivity contribution in [2.45, 2.75) is 85.0 Å². The SMILES string of the molecule is CCC1=CCC1CCCC1(CC)CC2CCC(C1)C2C. The number of rotatable bonds is 6. The lowest BCUT2D eigenvalue weighted by Gasteiger charge is -2.44. The molecule has 0 aromatic rings. The van der Waals surface area contributed by atoms with Crippen LogP contribution in [0.3, 0.4) is 0 Å². The van der Waals surface area contributed by atoms with Crippen LogP contribution in [-0.4, -0.2) is 0 Å². The van der Waals surface area contributed by atoms with Gasteiger partial charge in [0.15, 0.2) is 0 Å². The number of hydrogen-bond donors (Lipinski definition) is 0. The Bertz CT molecular complexity index is 350. The normalized spacial score (nSPS) is 43.2. The lowest BCUT2D eigenvalue weighted by molar-refractivity contribution is 0.0684. The molecule has 0 N–H and O–H groups in total. The van der Waals surface area contributed by atoms with Crippen LogP contribution >= 0.6 is 0 Å². The second-order valence-electron chi connectivity index (χ2n) is 8.18. The van der Waals surface area contributed by atoms with Crippen molar-refractivity contribution >= 4 is 0 Å².